The van der Waals surface area contributed by atoms with Crippen LogP contribution in [0.3, 0.4) is 0 Å². The first-order chi connectivity index (χ1) is 10.7. The van der Waals surface area contributed by atoms with E-state index in [9.17, 15) is 13.2 Å². The summed E-state index contributed by atoms with van der Waals surface area (Å²) in [6, 6.07) is 4.76. The van der Waals surface area contributed by atoms with Crippen molar-refractivity contribution in [2.75, 3.05) is 25.2 Å². The van der Waals surface area contributed by atoms with E-state index in [0.29, 0.717) is 22.9 Å². The van der Waals surface area contributed by atoms with Gasteiger partial charge >= 0.3 is 0 Å². The van der Waals surface area contributed by atoms with Crippen LogP contribution in [0, 0.1) is 0 Å². The lowest BCUT2D eigenvalue weighted by molar-refractivity contribution is -0.116. The Morgan fingerprint density at radius 2 is 2.09 bits per heavy atom. The van der Waals surface area contributed by atoms with E-state index >= 15 is 0 Å². The van der Waals surface area contributed by atoms with Gasteiger partial charge < -0.3 is 10.1 Å². The second-order valence-corrected chi connectivity index (χ2v) is 7.62. The summed E-state index contributed by atoms with van der Waals surface area (Å²) in [5.74, 6) is 0.243. The summed E-state index contributed by atoms with van der Waals surface area (Å²) in [4.78, 5) is 12.0. The van der Waals surface area contributed by atoms with Gasteiger partial charge in [-0.3, -0.25) is 4.79 Å². The highest BCUT2D eigenvalue weighted by Gasteiger charge is 2.22. The number of sulfonamides is 1. The van der Waals surface area contributed by atoms with E-state index in [4.69, 9.17) is 16.3 Å². The van der Waals surface area contributed by atoms with Crippen LogP contribution in [-0.2, 0) is 14.8 Å². The fourth-order valence-corrected chi connectivity index (χ4v) is 3.58. The van der Waals surface area contributed by atoms with E-state index in [1.807, 2.05) is 13.8 Å². The quantitative estimate of drug-likeness (QED) is 0.771. The van der Waals surface area contributed by atoms with E-state index < -0.39 is 10.0 Å². The van der Waals surface area contributed by atoms with Gasteiger partial charge in [0.25, 0.3) is 0 Å². The van der Waals surface area contributed by atoms with Crippen molar-refractivity contribution in [2.45, 2.75) is 32.7 Å². The Kier molecular flexibility index (Phi) is 7.31. The van der Waals surface area contributed by atoms with Crippen molar-refractivity contribution in [3.63, 3.8) is 0 Å². The van der Waals surface area contributed by atoms with Gasteiger partial charge in [0.15, 0.2) is 0 Å². The Hall–Kier alpha value is -1.31. The van der Waals surface area contributed by atoms with E-state index in [1.165, 1.54) is 11.4 Å². The molecule has 23 heavy (non-hydrogen) atoms. The van der Waals surface area contributed by atoms with Gasteiger partial charge in [-0.25, -0.2) is 8.42 Å². The van der Waals surface area contributed by atoms with Gasteiger partial charge in [-0.2, -0.15) is 4.31 Å². The predicted octanol–water partition coefficient (Wildman–Crippen LogP) is 2.74. The van der Waals surface area contributed by atoms with Crippen LogP contribution in [0.25, 0.3) is 0 Å². The van der Waals surface area contributed by atoms with Gasteiger partial charge in [0.2, 0.25) is 15.9 Å². The average molecular weight is 363 g/mol. The van der Waals surface area contributed by atoms with Gasteiger partial charge in [-0.1, -0.05) is 18.5 Å². The number of hydrogen-bond acceptors (Lipinski definition) is 4. The van der Waals surface area contributed by atoms with Gasteiger partial charge in [0, 0.05) is 24.7 Å². The number of carbonyl (C=O) groups is 1. The van der Waals surface area contributed by atoms with E-state index in [1.54, 1.807) is 18.2 Å². The number of anilines is 1. The summed E-state index contributed by atoms with van der Waals surface area (Å²) in [6.07, 6.45) is 1.91. The third-order valence-corrected chi connectivity index (χ3v) is 5.19. The maximum atomic E-state index is 12.0. The summed E-state index contributed by atoms with van der Waals surface area (Å²) in [7, 11) is -1.84. The second kappa shape index (κ2) is 8.52. The number of rotatable bonds is 8. The van der Waals surface area contributed by atoms with Gasteiger partial charge in [0.1, 0.15) is 5.75 Å². The fraction of sp³-hybridized carbons (Fsp3) is 0.533. The van der Waals surface area contributed by atoms with Crippen LogP contribution in [-0.4, -0.2) is 44.6 Å². The summed E-state index contributed by atoms with van der Waals surface area (Å²) >= 11 is 6.00. The number of ether oxygens (including phenoxy) is 1. The molecule has 0 aromatic heterocycles. The molecule has 1 rings (SSSR count). The maximum Gasteiger partial charge on any atom is 0.225 e. The third-order valence-electron chi connectivity index (χ3n) is 3.50. The van der Waals surface area contributed by atoms with Crippen molar-refractivity contribution in [3.05, 3.63) is 23.2 Å². The number of halogens is 1. The lowest BCUT2D eigenvalue weighted by atomic mass is 10.2. The number of nitrogens with zero attached hydrogens (tertiary/aromatic N) is 1. The Balaban J connectivity index is 2.67. The minimum absolute atomic E-state index is 0.0705. The van der Waals surface area contributed by atoms with Crippen LogP contribution in [0.2, 0.25) is 5.02 Å². The first-order valence-corrected chi connectivity index (χ1v) is 9.51. The lowest BCUT2D eigenvalue weighted by Gasteiger charge is -2.25. The number of benzene rings is 1. The Morgan fingerprint density at radius 3 is 2.57 bits per heavy atom. The molecule has 1 amide bonds. The highest BCUT2D eigenvalue weighted by molar-refractivity contribution is 7.88. The zero-order valence-corrected chi connectivity index (χ0v) is 15.4. The molecule has 8 heteroatoms. The molecule has 0 spiro atoms. The SMILES string of the molecule is CCC(C)N(CCC(=O)Nc1ccc(OC)c(Cl)c1)S(C)(=O)=O. The Morgan fingerprint density at radius 1 is 1.43 bits per heavy atom. The molecule has 0 heterocycles. The largest absolute Gasteiger partial charge is 0.495 e. The molecule has 1 unspecified atom stereocenters. The molecular formula is C15H23ClN2O4S. The summed E-state index contributed by atoms with van der Waals surface area (Å²) in [5.41, 5.74) is 0.537. The monoisotopic (exact) mass is 362 g/mol. The summed E-state index contributed by atoms with van der Waals surface area (Å²) < 4.78 is 29.9. The standard InChI is InChI=1S/C15H23ClN2O4S/c1-5-11(2)18(23(4,20)21)9-8-15(19)17-12-6-7-14(22-3)13(16)10-12/h6-7,10-11H,5,8-9H2,1-4H3,(H,17,19). The fourth-order valence-electron chi connectivity index (χ4n) is 2.10. The van der Waals surface area contributed by atoms with Crippen molar-refractivity contribution in [2.24, 2.45) is 0 Å². The predicted molar refractivity (Wildman–Crippen MR) is 92.6 cm³/mol. The Labute approximate surface area is 142 Å². The van der Waals surface area contributed by atoms with Crippen LogP contribution in [0.15, 0.2) is 18.2 Å². The van der Waals surface area contributed by atoms with E-state index in [-0.39, 0.29) is 24.9 Å². The summed E-state index contributed by atoms with van der Waals surface area (Å²) in [5, 5.41) is 3.09. The number of methoxy groups -OCH3 is 1. The maximum absolute atomic E-state index is 12.0. The second-order valence-electron chi connectivity index (χ2n) is 5.28. The van der Waals surface area contributed by atoms with Crippen LogP contribution in [0.5, 0.6) is 5.75 Å². The molecule has 1 N–H and O–H groups in total. The van der Waals surface area contributed by atoms with Gasteiger partial charge in [0.05, 0.1) is 18.4 Å². The smallest absolute Gasteiger partial charge is 0.225 e. The molecule has 0 aliphatic heterocycles. The minimum atomic E-state index is -3.34. The molecule has 1 aromatic rings. The minimum Gasteiger partial charge on any atom is -0.495 e. The first kappa shape index (κ1) is 19.7. The topological polar surface area (TPSA) is 75.7 Å². The Bertz CT molecular complexity index is 649. The van der Waals surface area contributed by atoms with Crippen molar-refractivity contribution >= 4 is 33.2 Å². The normalized spacial score (nSPS) is 13.0. The van der Waals surface area contributed by atoms with E-state index in [2.05, 4.69) is 5.32 Å². The molecule has 0 saturated heterocycles. The van der Waals surface area contributed by atoms with Crippen LogP contribution >= 0.6 is 11.6 Å². The third kappa shape index (κ3) is 6.01. The van der Waals surface area contributed by atoms with Crippen LogP contribution in [0.1, 0.15) is 26.7 Å². The number of amides is 1. The zero-order chi connectivity index (χ0) is 17.6. The van der Waals surface area contributed by atoms with Crippen molar-refractivity contribution in [1.29, 1.82) is 0 Å². The van der Waals surface area contributed by atoms with Crippen LogP contribution < -0.4 is 10.1 Å². The average Bonchev–Trinajstić information content (AvgIpc) is 2.45. The van der Waals surface area contributed by atoms with Crippen molar-refractivity contribution < 1.29 is 17.9 Å². The molecule has 0 aliphatic rings. The number of hydrogen-bond donors (Lipinski definition) is 1. The molecule has 130 valence electrons. The molecule has 0 radical (unpaired) electrons. The molecular weight excluding hydrogens is 340 g/mol. The highest BCUT2D eigenvalue weighted by Crippen LogP contribution is 2.27. The van der Waals surface area contributed by atoms with Crippen molar-refractivity contribution in [1.82, 2.24) is 4.31 Å². The highest BCUT2D eigenvalue weighted by atomic mass is 35.5. The number of carbonyl (C=O) groups excluding carboxylic acids is 1. The number of nitrogens with one attached hydrogen (secondary N) is 1. The summed E-state index contributed by atoms with van der Waals surface area (Å²) in [6.45, 7) is 3.87. The molecule has 0 fully saturated rings. The molecule has 1 atom stereocenters. The van der Waals surface area contributed by atoms with Gasteiger partial charge in [-0.05, 0) is 31.5 Å². The first-order valence-electron chi connectivity index (χ1n) is 7.29. The zero-order valence-electron chi connectivity index (χ0n) is 13.8. The molecule has 0 aliphatic carbocycles. The van der Waals surface area contributed by atoms with Gasteiger partial charge in [-0.15, -0.1) is 0 Å². The molecule has 0 bridgehead atoms. The van der Waals surface area contributed by atoms with Crippen molar-refractivity contribution in [3.8, 4) is 5.75 Å². The molecule has 6 nitrogen and oxygen atoms in total. The van der Waals surface area contributed by atoms with Crippen LogP contribution in [0.4, 0.5) is 5.69 Å². The van der Waals surface area contributed by atoms with E-state index in [0.717, 1.165) is 6.26 Å². The lowest BCUT2D eigenvalue weighted by Crippen LogP contribution is -2.39. The molecule has 0 saturated carbocycles. The molecule has 1 aromatic carbocycles.